The molecule has 0 saturated carbocycles. The lowest BCUT2D eigenvalue weighted by molar-refractivity contribution is -0.137. The third-order valence-electron chi connectivity index (χ3n) is 2.67. The third kappa shape index (κ3) is 3.70. The van der Waals surface area contributed by atoms with Crippen molar-refractivity contribution in [2.24, 2.45) is 5.73 Å². The van der Waals surface area contributed by atoms with E-state index >= 15 is 0 Å². The molecular weight excluding hydrogens is 304 g/mol. The summed E-state index contributed by atoms with van der Waals surface area (Å²) in [7, 11) is 0. The van der Waals surface area contributed by atoms with Gasteiger partial charge in [-0.3, -0.25) is 4.79 Å². The molecule has 1 heterocycles. The zero-order chi connectivity index (χ0) is 15.4. The molecule has 0 aromatic carbocycles. The Morgan fingerprint density at radius 1 is 1.55 bits per heavy atom. The van der Waals surface area contributed by atoms with Crippen molar-refractivity contribution in [1.29, 1.82) is 0 Å². The molecule has 0 radical (unpaired) electrons. The van der Waals surface area contributed by atoms with Gasteiger partial charge in [0.05, 0.1) is 12.3 Å². The molecule has 9 heteroatoms. The van der Waals surface area contributed by atoms with Gasteiger partial charge in [0.25, 0.3) is 0 Å². The maximum Gasteiger partial charge on any atom is 0.321 e. The third-order valence-corrected chi connectivity index (χ3v) is 4.12. The van der Waals surface area contributed by atoms with Crippen LogP contribution in [-0.4, -0.2) is 43.2 Å². The van der Waals surface area contributed by atoms with E-state index in [1.807, 2.05) is 0 Å². The molecule has 1 aromatic rings. The molecule has 1 aromatic heterocycles. The van der Waals surface area contributed by atoms with Crippen molar-refractivity contribution in [3.63, 3.8) is 0 Å². The van der Waals surface area contributed by atoms with E-state index < -0.39 is 24.1 Å². The first-order valence-corrected chi connectivity index (χ1v) is 7.08. The number of aliphatic hydroxyl groups is 2. The topological polar surface area (TPSA) is 140 Å². The Labute approximate surface area is 124 Å². The van der Waals surface area contributed by atoms with E-state index in [2.05, 4.69) is 4.98 Å². The smallest absolute Gasteiger partial charge is 0.321 e. The maximum atomic E-state index is 10.6. The van der Waals surface area contributed by atoms with E-state index in [1.165, 1.54) is 0 Å². The number of carboxylic acid groups (broad SMARTS) is 1. The quantitative estimate of drug-likeness (QED) is 0.327. The number of aliphatic carboxylic acids is 1. The second kappa shape index (κ2) is 7.04. The van der Waals surface area contributed by atoms with Crippen molar-refractivity contribution in [2.45, 2.75) is 25.0 Å². The van der Waals surface area contributed by atoms with Gasteiger partial charge in [-0.15, -0.1) is 11.8 Å². The van der Waals surface area contributed by atoms with Crippen LogP contribution in [0.5, 0.6) is 5.75 Å². The second-order valence-corrected chi connectivity index (χ2v) is 5.63. The van der Waals surface area contributed by atoms with E-state index in [0.29, 0.717) is 5.69 Å². The van der Waals surface area contributed by atoms with Crippen LogP contribution < -0.4 is 5.73 Å². The SMILES string of the molecule is Cc1[nH]c(=S)c(CO)c(C(O)SC[C@H](N)C(=O)O)c1O. The first kappa shape index (κ1) is 16.9. The standard InChI is InChI=1S/C11H16N2O5S2/c1-4-8(15)7(5(2-14)9(19)13-4)11(18)20-3-6(12)10(16)17/h6,11,14-15,18H,2-3,12H2,1H3,(H,13,19)(H,16,17)/t6-,11?/m0/s1. The minimum atomic E-state index is -1.24. The molecule has 20 heavy (non-hydrogen) atoms. The number of aromatic hydroxyl groups is 1. The van der Waals surface area contributed by atoms with E-state index in [1.54, 1.807) is 6.92 Å². The molecule has 0 spiro atoms. The fourth-order valence-corrected chi connectivity index (χ4v) is 2.82. The normalized spacial score (nSPS) is 14.0. The number of hydrogen-bond acceptors (Lipinski definition) is 7. The summed E-state index contributed by atoms with van der Waals surface area (Å²) in [6, 6.07) is -1.13. The van der Waals surface area contributed by atoms with Gasteiger partial charge < -0.3 is 31.1 Å². The van der Waals surface area contributed by atoms with Crippen molar-refractivity contribution >= 4 is 29.9 Å². The van der Waals surface area contributed by atoms with Gasteiger partial charge in [-0.2, -0.15) is 0 Å². The van der Waals surface area contributed by atoms with Crippen LogP contribution in [0.25, 0.3) is 0 Å². The number of pyridine rings is 1. The molecule has 0 aliphatic carbocycles. The van der Waals surface area contributed by atoms with Gasteiger partial charge in [-0.25, -0.2) is 0 Å². The van der Waals surface area contributed by atoms with Crippen LogP contribution >= 0.6 is 24.0 Å². The number of rotatable bonds is 6. The summed E-state index contributed by atoms with van der Waals surface area (Å²) in [6.45, 7) is 1.11. The van der Waals surface area contributed by atoms with Crippen LogP contribution in [0.4, 0.5) is 0 Å². The second-order valence-electron chi connectivity index (χ2n) is 4.11. The number of aromatic amines is 1. The zero-order valence-electron chi connectivity index (χ0n) is 10.7. The molecule has 0 fully saturated rings. The van der Waals surface area contributed by atoms with Crippen molar-refractivity contribution in [3.05, 3.63) is 21.5 Å². The summed E-state index contributed by atoms with van der Waals surface area (Å²) in [5.41, 5.74) is 4.73. The number of aryl methyl sites for hydroxylation is 1. The minimum Gasteiger partial charge on any atom is -0.506 e. The highest BCUT2D eigenvalue weighted by molar-refractivity contribution is 7.99. The van der Waals surface area contributed by atoms with Crippen LogP contribution in [0.2, 0.25) is 0 Å². The largest absolute Gasteiger partial charge is 0.506 e. The lowest BCUT2D eigenvalue weighted by Gasteiger charge is -2.18. The van der Waals surface area contributed by atoms with Gasteiger partial charge in [0.2, 0.25) is 0 Å². The van der Waals surface area contributed by atoms with Gasteiger partial charge in [0, 0.05) is 16.9 Å². The van der Waals surface area contributed by atoms with Crippen molar-refractivity contribution < 1.29 is 25.2 Å². The first-order valence-electron chi connectivity index (χ1n) is 5.63. The maximum absolute atomic E-state index is 10.6. The summed E-state index contributed by atoms with van der Waals surface area (Å²) in [5.74, 6) is -1.45. The molecule has 0 amide bonds. The first-order chi connectivity index (χ1) is 9.29. The van der Waals surface area contributed by atoms with Gasteiger partial charge in [0.15, 0.2) is 0 Å². The number of carboxylic acids is 1. The fraction of sp³-hybridized carbons (Fsp3) is 0.455. The number of thioether (sulfide) groups is 1. The number of aromatic nitrogens is 1. The van der Waals surface area contributed by atoms with Gasteiger partial charge in [-0.05, 0) is 6.92 Å². The highest BCUT2D eigenvalue weighted by Gasteiger charge is 2.22. The molecule has 1 unspecified atom stereocenters. The lowest BCUT2D eigenvalue weighted by atomic mass is 10.1. The highest BCUT2D eigenvalue weighted by atomic mass is 32.2. The number of carbonyl (C=O) groups is 1. The number of hydrogen-bond donors (Lipinski definition) is 6. The van der Waals surface area contributed by atoms with Crippen molar-refractivity contribution in [2.75, 3.05) is 5.75 Å². The number of nitrogens with two attached hydrogens (primary N) is 1. The summed E-state index contributed by atoms with van der Waals surface area (Å²) in [5, 5.41) is 38.0. The summed E-state index contributed by atoms with van der Waals surface area (Å²) >= 11 is 5.86. The van der Waals surface area contributed by atoms with Crippen molar-refractivity contribution in [1.82, 2.24) is 4.98 Å². The van der Waals surface area contributed by atoms with Crippen LogP contribution in [-0.2, 0) is 11.4 Å². The molecule has 1 rings (SSSR count). The van der Waals surface area contributed by atoms with Crippen LogP contribution in [0.15, 0.2) is 0 Å². The molecule has 0 saturated heterocycles. The summed E-state index contributed by atoms with van der Waals surface area (Å²) in [6.07, 6.45) is 0. The van der Waals surface area contributed by atoms with E-state index in [0.717, 1.165) is 11.8 Å². The Balaban J connectivity index is 3.06. The molecular formula is C11H16N2O5S2. The van der Waals surface area contributed by atoms with Gasteiger partial charge >= 0.3 is 5.97 Å². The molecule has 2 atom stereocenters. The fourth-order valence-electron chi connectivity index (χ4n) is 1.54. The van der Waals surface area contributed by atoms with Crippen LogP contribution in [0, 0.1) is 11.6 Å². The Bertz CT molecular complexity index is 560. The van der Waals surface area contributed by atoms with Gasteiger partial charge in [-0.1, -0.05) is 12.2 Å². The van der Waals surface area contributed by atoms with Crippen LogP contribution in [0.1, 0.15) is 22.3 Å². The molecule has 0 aliphatic rings. The van der Waals surface area contributed by atoms with E-state index in [4.69, 9.17) is 23.1 Å². The zero-order valence-corrected chi connectivity index (χ0v) is 12.3. The Morgan fingerprint density at radius 2 is 2.15 bits per heavy atom. The highest BCUT2D eigenvalue weighted by Crippen LogP contribution is 2.36. The van der Waals surface area contributed by atoms with E-state index in [9.17, 15) is 20.1 Å². The number of nitrogens with one attached hydrogen (secondary N) is 1. The predicted molar refractivity (Wildman–Crippen MR) is 77.0 cm³/mol. The molecule has 112 valence electrons. The number of aliphatic hydroxyl groups excluding tert-OH is 2. The summed E-state index contributed by atoms with van der Waals surface area (Å²) in [4.78, 5) is 13.3. The molecule has 7 N–H and O–H groups in total. The number of H-pyrrole nitrogens is 1. The Kier molecular flexibility index (Phi) is 5.96. The Morgan fingerprint density at radius 3 is 2.65 bits per heavy atom. The summed E-state index contributed by atoms with van der Waals surface area (Å²) < 4.78 is 0.208. The molecule has 7 nitrogen and oxygen atoms in total. The molecule has 0 aliphatic heterocycles. The molecule has 0 bridgehead atoms. The minimum absolute atomic E-state index is 0.0504. The average Bonchev–Trinajstić information content (AvgIpc) is 2.39. The van der Waals surface area contributed by atoms with E-state index in [-0.39, 0.29) is 27.3 Å². The predicted octanol–water partition coefficient (Wildman–Crippen LogP) is 0.387. The van der Waals surface area contributed by atoms with Crippen molar-refractivity contribution in [3.8, 4) is 5.75 Å². The van der Waals surface area contributed by atoms with Gasteiger partial charge in [0.1, 0.15) is 21.9 Å². The van der Waals surface area contributed by atoms with Crippen LogP contribution in [0.3, 0.4) is 0 Å². The lowest BCUT2D eigenvalue weighted by Crippen LogP contribution is -2.32. The monoisotopic (exact) mass is 320 g/mol. The Hall–Kier alpha value is -1.13. The average molecular weight is 320 g/mol.